The molecule has 1 N–H and O–H groups in total. The predicted octanol–water partition coefficient (Wildman–Crippen LogP) is 4.06. The van der Waals surface area contributed by atoms with E-state index < -0.39 is 0 Å². The van der Waals surface area contributed by atoms with Crippen LogP contribution in [0.25, 0.3) is 11.5 Å². The van der Waals surface area contributed by atoms with Crippen LogP contribution in [0, 0.1) is 0 Å². The Bertz CT molecular complexity index is 756. The highest BCUT2D eigenvalue weighted by Gasteiger charge is 2.14. The summed E-state index contributed by atoms with van der Waals surface area (Å²) in [7, 11) is 1.69. The van der Waals surface area contributed by atoms with Crippen LogP contribution in [-0.2, 0) is 11.3 Å². The van der Waals surface area contributed by atoms with Crippen molar-refractivity contribution in [2.24, 2.45) is 0 Å². The molecule has 3 rings (SSSR count). The molecule has 1 heterocycles. The summed E-state index contributed by atoms with van der Waals surface area (Å²) in [6, 6.07) is 17.7. The van der Waals surface area contributed by atoms with E-state index in [-0.39, 0.29) is 6.04 Å². The summed E-state index contributed by atoms with van der Waals surface area (Å²) >= 11 is 0. The van der Waals surface area contributed by atoms with Crippen molar-refractivity contribution < 1.29 is 9.15 Å². The highest BCUT2D eigenvalue weighted by atomic mass is 16.5. The zero-order valence-electron chi connectivity index (χ0n) is 13.2. The molecule has 1 aromatic heterocycles. The molecule has 1 atom stereocenters. The smallest absolute Gasteiger partial charge is 0.247 e. The van der Waals surface area contributed by atoms with Gasteiger partial charge in [0.1, 0.15) is 6.04 Å². The highest BCUT2D eigenvalue weighted by Crippen LogP contribution is 2.23. The van der Waals surface area contributed by atoms with Gasteiger partial charge in [-0.2, -0.15) is 0 Å². The molecule has 3 aromatic rings. The molecule has 0 spiro atoms. The maximum absolute atomic E-state index is 5.77. The Kier molecular flexibility index (Phi) is 4.68. The van der Waals surface area contributed by atoms with Crippen molar-refractivity contribution in [3.63, 3.8) is 0 Å². The number of ether oxygens (including phenoxy) is 1. The van der Waals surface area contributed by atoms with Gasteiger partial charge in [0.05, 0.1) is 6.61 Å². The number of nitrogens with one attached hydrogen (secondary N) is 1. The van der Waals surface area contributed by atoms with Crippen LogP contribution in [0.15, 0.2) is 59.0 Å². The van der Waals surface area contributed by atoms with Crippen LogP contribution in [0.2, 0.25) is 0 Å². The Morgan fingerprint density at radius 3 is 2.70 bits per heavy atom. The van der Waals surface area contributed by atoms with E-state index in [0.717, 1.165) is 16.8 Å². The van der Waals surface area contributed by atoms with E-state index in [2.05, 4.69) is 21.6 Å². The number of hydrogen-bond acceptors (Lipinski definition) is 5. The number of hydrogen-bond donors (Lipinski definition) is 1. The van der Waals surface area contributed by atoms with Crippen LogP contribution in [0.1, 0.15) is 24.4 Å². The van der Waals surface area contributed by atoms with Gasteiger partial charge in [-0.3, -0.25) is 0 Å². The number of methoxy groups -OCH3 is 1. The number of anilines is 1. The van der Waals surface area contributed by atoms with Crippen LogP contribution >= 0.6 is 0 Å². The van der Waals surface area contributed by atoms with Gasteiger partial charge in [0.2, 0.25) is 11.8 Å². The molecule has 2 aromatic carbocycles. The quantitative estimate of drug-likeness (QED) is 0.744. The second-order valence-corrected chi connectivity index (χ2v) is 5.31. The molecule has 0 amide bonds. The average molecular weight is 309 g/mol. The third-order valence-electron chi connectivity index (χ3n) is 3.45. The maximum atomic E-state index is 5.77. The van der Waals surface area contributed by atoms with Crippen molar-refractivity contribution in [2.75, 3.05) is 12.4 Å². The van der Waals surface area contributed by atoms with E-state index in [1.54, 1.807) is 7.11 Å². The Balaban J connectivity index is 1.72. The molecule has 0 unspecified atom stereocenters. The third-order valence-corrected chi connectivity index (χ3v) is 3.45. The molecule has 0 aliphatic rings. The summed E-state index contributed by atoms with van der Waals surface area (Å²) in [4.78, 5) is 0. The lowest BCUT2D eigenvalue weighted by Gasteiger charge is -2.12. The molecular weight excluding hydrogens is 290 g/mol. The lowest BCUT2D eigenvalue weighted by atomic mass is 10.2. The van der Waals surface area contributed by atoms with Gasteiger partial charge < -0.3 is 14.5 Å². The van der Waals surface area contributed by atoms with E-state index in [0.29, 0.717) is 18.4 Å². The minimum atomic E-state index is -0.0854. The van der Waals surface area contributed by atoms with Crippen molar-refractivity contribution in [2.45, 2.75) is 19.6 Å². The van der Waals surface area contributed by atoms with Crippen molar-refractivity contribution in [3.8, 4) is 11.5 Å². The summed E-state index contributed by atoms with van der Waals surface area (Å²) in [5, 5.41) is 11.6. The molecule has 0 aliphatic heterocycles. The van der Waals surface area contributed by atoms with Crippen LogP contribution < -0.4 is 5.32 Å². The Hall–Kier alpha value is -2.66. The molecule has 5 nitrogen and oxygen atoms in total. The molecule has 0 aliphatic carbocycles. The Morgan fingerprint density at radius 2 is 1.91 bits per heavy atom. The van der Waals surface area contributed by atoms with Crippen molar-refractivity contribution in [3.05, 3.63) is 66.1 Å². The molecule has 0 bridgehead atoms. The summed E-state index contributed by atoms with van der Waals surface area (Å²) in [5.74, 6) is 1.09. The number of aromatic nitrogens is 2. The van der Waals surface area contributed by atoms with Crippen LogP contribution in [0.3, 0.4) is 0 Å². The molecule has 0 saturated carbocycles. The monoisotopic (exact) mass is 309 g/mol. The first-order valence-electron chi connectivity index (χ1n) is 7.49. The van der Waals surface area contributed by atoms with Gasteiger partial charge in [-0.15, -0.1) is 10.2 Å². The number of benzene rings is 2. The zero-order chi connectivity index (χ0) is 16.1. The first kappa shape index (κ1) is 15.2. The molecule has 118 valence electrons. The lowest BCUT2D eigenvalue weighted by Crippen LogP contribution is -2.07. The van der Waals surface area contributed by atoms with E-state index in [1.807, 2.05) is 55.5 Å². The fraction of sp³-hybridized carbons (Fsp3) is 0.222. The van der Waals surface area contributed by atoms with Gasteiger partial charge in [-0.1, -0.05) is 30.3 Å². The summed E-state index contributed by atoms with van der Waals surface area (Å²) in [5.41, 5.74) is 3.02. The van der Waals surface area contributed by atoms with Gasteiger partial charge in [0.15, 0.2) is 0 Å². The molecule has 0 radical (unpaired) electrons. The molecular formula is C18H19N3O2. The minimum Gasteiger partial charge on any atom is -0.418 e. The van der Waals surface area contributed by atoms with E-state index in [1.165, 1.54) is 0 Å². The number of rotatable bonds is 6. The highest BCUT2D eigenvalue weighted by molar-refractivity contribution is 5.52. The fourth-order valence-corrected chi connectivity index (χ4v) is 2.34. The first-order chi connectivity index (χ1) is 11.3. The van der Waals surface area contributed by atoms with Crippen molar-refractivity contribution >= 4 is 5.69 Å². The van der Waals surface area contributed by atoms with Crippen LogP contribution in [0.5, 0.6) is 0 Å². The second-order valence-electron chi connectivity index (χ2n) is 5.31. The van der Waals surface area contributed by atoms with Gasteiger partial charge in [0, 0.05) is 18.4 Å². The number of nitrogens with zero attached hydrogens (tertiary/aromatic N) is 2. The summed E-state index contributed by atoms with van der Waals surface area (Å²) < 4.78 is 10.9. The molecule has 5 heteroatoms. The zero-order valence-corrected chi connectivity index (χ0v) is 13.2. The van der Waals surface area contributed by atoms with Crippen molar-refractivity contribution in [1.82, 2.24) is 10.2 Å². The van der Waals surface area contributed by atoms with E-state index in [4.69, 9.17) is 9.15 Å². The molecule has 0 fully saturated rings. The molecule has 0 saturated heterocycles. The topological polar surface area (TPSA) is 60.2 Å². The van der Waals surface area contributed by atoms with Gasteiger partial charge in [0.25, 0.3) is 0 Å². The Morgan fingerprint density at radius 1 is 1.09 bits per heavy atom. The third kappa shape index (κ3) is 3.76. The van der Waals surface area contributed by atoms with E-state index in [9.17, 15) is 0 Å². The van der Waals surface area contributed by atoms with Gasteiger partial charge >= 0.3 is 0 Å². The predicted molar refractivity (Wildman–Crippen MR) is 88.9 cm³/mol. The normalized spacial score (nSPS) is 12.1. The van der Waals surface area contributed by atoms with Gasteiger partial charge in [-0.25, -0.2) is 0 Å². The standard InChI is InChI=1S/C18H19N3O2/c1-13(19-16-10-6-7-14(11-16)12-22-2)17-20-21-18(23-17)15-8-4-3-5-9-15/h3-11,13,19H,12H2,1-2H3/t13-/m0/s1. The largest absolute Gasteiger partial charge is 0.418 e. The maximum Gasteiger partial charge on any atom is 0.247 e. The summed E-state index contributed by atoms with van der Waals surface area (Å²) in [6.07, 6.45) is 0. The lowest BCUT2D eigenvalue weighted by molar-refractivity contribution is 0.185. The average Bonchev–Trinajstić information content (AvgIpc) is 3.06. The minimum absolute atomic E-state index is 0.0854. The summed E-state index contributed by atoms with van der Waals surface area (Å²) in [6.45, 7) is 2.58. The first-order valence-corrected chi connectivity index (χ1v) is 7.49. The van der Waals surface area contributed by atoms with Gasteiger partial charge in [-0.05, 0) is 36.8 Å². The Labute approximate surface area is 135 Å². The van der Waals surface area contributed by atoms with Crippen molar-refractivity contribution in [1.29, 1.82) is 0 Å². The van der Waals surface area contributed by atoms with E-state index >= 15 is 0 Å². The SMILES string of the molecule is COCc1cccc(N[C@@H](C)c2nnc(-c3ccccc3)o2)c1. The second kappa shape index (κ2) is 7.07. The van der Waals surface area contributed by atoms with Crippen LogP contribution in [-0.4, -0.2) is 17.3 Å². The molecule has 23 heavy (non-hydrogen) atoms. The van der Waals surface area contributed by atoms with Crippen LogP contribution in [0.4, 0.5) is 5.69 Å². The fourth-order valence-electron chi connectivity index (χ4n) is 2.34.